The van der Waals surface area contributed by atoms with Gasteiger partial charge in [-0.1, -0.05) is 0 Å². The maximum absolute atomic E-state index is 13.2. The number of carboxylic acids is 1. The van der Waals surface area contributed by atoms with Gasteiger partial charge in [0.25, 0.3) is 0 Å². The van der Waals surface area contributed by atoms with Gasteiger partial charge >= 0.3 is 5.97 Å². The Balaban J connectivity index is 2.75. The summed E-state index contributed by atoms with van der Waals surface area (Å²) in [4.78, 5) is 10.9. The van der Waals surface area contributed by atoms with Gasteiger partial charge in [-0.05, 0) is 32.0 Å². The molecule has 1 N–H and O–H groups in total. The molecule has 0 amide bonds. The minimum absolute atomic E-state index is 0.134. The molecular formula is C11H12F2O2S. The van der Waals surface area contributed by atoms with Crippen LogP contribution in [0, 0.1) is 17.0 Å². The molecule has 1 aromatic carbocycles. The molecule has 88 valence electrons. The lowest BCUT2D eigenvalue weighted by atomic mass is 9.97. The summed E-state index contributed by atoms with van der Waals surface area (Å²) in [5.41, 5.74) is -0.969. The number of rotatable bonds is 4. The molecule has 0 radical (unpaired) electrons. The number of carboxylic acid groups (broad SMARTS) is 1. The number of hydrogen-bond acceptors (Lipinski definition) is 2. The van der Waals surface area contributed by atoms with Crippen LogP contribution in [-0.4, -0.2) is 16.8 Å². The number of aliphatic carboxylic acids is 1. The second-order valence-corrected chi connectivity index (χ2v) is 5.07. The van der Waals surface area contributed by atoms with Crippen LogP contribution in [0.3, 0.4) is 0 Å². The standard InChI is InChI=1S/C11H12F2O2S/c1-11(2,10(14)15)6-16-9-5-7(12)3-4-8(9)13/h3-5H,6H2,1-2H3,(H,14,15). The zero-order valence-electron chi connectivity index (χ0n) is 8.96. The summed E-state index contributed by atoms with van der Waals surface area (Å²) in [6.45, 7) is 3.08. The highest BCUT2D eigenvalue weighted by atomic mass is 32.2. The van der Waals surface area contributed by atoms with Gasteiger partial charge in [-0.2, -0.15) is 0 Å². The third-order valence-corrected chi connectivity index (χ3v) is 3.55. The summed E-state index contributed by atoms with van der Waals surface area (Å²) in [6.07, 6.45) is 0. The first kappa shape index (κ1) is 13.0. The van der Waals surface area contributed by atoms with Crippen LogP contribution in [0.4, 0.5) is 8.78 Å². The number of halogens is 2. The highest BCUT2D eigenvalue weighted by Gasteiger charge is 2.27. The van der Waals surface area contributed by atoms with E-state index in [4.69, 9.17) is 5.11 Å². The van der Waals surface area contributed by atoms with E-state index in [2.05, 4.69) is 0 Å². The van der Waals surface area contributed by atoms with Gasteiger partial charge in [-0.3, -0.25) is 4.79 Å². The van der Waals surface area contributed by atoms with Crippen LogP contribution in [0.2, 0.25) is 0 Å². The van der Waals surface area contributed by atoms with Gasteiger partial charge in [-0.15, -0.1) is 11.8 Å². The molecule has 16 heavy (non-hydrogen) atoms. The maximum atomic E-state index is 13.2. The number of thioether (sulfide) groups is 1. The van der Waals surface area contributed by atoms with Crippen LogP contribution in [0.15, 0.2) is 23.1 Å². The lowest BCUT2D eigenvalue weighted by Gasteiger charge is -2.18. The summed E-state index contributed by atoms with van der Waals surface area (Å²) in [7, 11) is 0. The van der Waals surface area contributed by atoms with Crippen LogP contribution >= 0.6 is 11.8 Å². The molecule has 0 aliphatic carbocycles. The van der Waals surface area contributed by atoms with Crippen molar-refractivity contribution in [2.45, 2.75) is 18.7 Å². The summed E-state index contributed by atoms with van der Waals surface area (Å²) < 4.78 is 26.0. The highest BCUT2D eigenvalue weighted by Crippen LogP contribution is 2.29. The zero-order valence-corrected chi connectivity index (χ0v) is 9.78. The third kappa shape index (κ3) is 3.20. The SMILES string of the molecule is CC(C)(CSc1cc(F)ccc1F)C(=O)O. The van der Waals surface area contributed by atoms with Crippen LogP contribution in [0.1, 0.15) is 13.8 Å². The molecule has 0 saturated carbocycles. The average molecular weight is 246 g/mol. The predicted molar refractivity (Wildman–Crippen MR) is 58.5 cm³/mol. The summed E-state index contributed by atoms with van der Waals surface area (Å²) in [5.74, 6) is -1.84. The van der Waals surface area contributed by atoms with Gasteiger partial charge in [0.1, 0.15) is 11.6 Å². The molecule has 0 saturated heterocycles. The first-order valence-corrected chi connectivity index (χ1v) is 5.63. The van der Waals surface area contributed by atoms with E-state index < -0.39 is 23.0 Å². The van der Waals surface area contributed by atoms with Gasteiger partial charge < -0.3 is 5.11 Å². The normalized spacial score (nSPS) is 11.5. The molecule has 5 heteroatoms. The van der Waals surface area contributed by atoms with Crippen LogP contribution in [0.5, 0.6) is 0 Å². The molecule has 0 fully saturated rings. The first-order valence-electron chi connectivity index (χ1n) is 4.64. The van der Waals surface area contributed by atoms with Crippen LogP contribution in [-0.2, 0) is 4.79 Å². The van der Waals surface area contributed by atoms with E-state index in [1.165, 1.54) is 0 Å². The summed E-state index contributed by atoms with van der Waals surface area (Å²) >= 11 is 1.00. The van der Waals surface area contributed by atoms with Gasteiger partial charge in [0.05, 0.1) is 5.41 Å². The smallest absolute Gasteiger partial charge is 0.309 e. The van der Waals surface area contributed by atoms with E-state index in [0.29, 0.717) is 0 Å². The molecule has 0 atom stereocenters. The monoisotopic (exact) mass is 246 g/mol. The Kier molecular flexibility index (Phi) is 3.91. The largest absolute Gasteiger partial charge is 0.481 e. The van der Waals surface area contributed by atoms with Crippen molar-refractivity contribution < 1.29 is 18.7 Å². The van der Waals surface area contributed by atoms with Crippen LogP contribution in [0.25, 0.3) is 0 Å². The fourth-order valence-electron chi connectivity index (χ4n) is 0.908. The molecule has 1 aromatic rings. The molecule has 0 heterocycles. The van der Waals surface area contributed by atoms with Crippen molar-refractivity contribution in [3.8, 4) is 0 Å². The summed E-state index contributed by atoms with van der Waals surface area (Å²) in [5, 5.41) is 8.86. The van der Waals surface area contributed by atoms with Gasteiger partial charge in [0.2, 0.25) is 0 Å². The molecule has 0 bridgehead atoms. The lowest BCUT2D eigenvalue weighted by Crippen LogP contribution is -2.26. The number of hydrogen-bond donors (Lipinski definition) is 1. The highest BCUT2D eigenvalue weighted by molar-refractivity contribution is 7.99. The maximum Gasteiger partial charge on any atom is 0.309 e. The second-order valence-electron chi connectivity index (χ2n) is 4.05. The van der Waals surface area contributed by atoms with E-state index in [1.54, 1.807) is 13.8 Å². The van der Waals surface area contributed by atoms with Crippen molar-refractivity contribution in [2.24, 2.45) is 5.41 Å². The van der Waals surface area contributed by atoms with Crippen molar-refractivity contribution in [3.63, 3.8) is 0 Å². The number of benzene rings is 1. The minimum Gasteiger partial charge on any atom is -0.481 e. The Morgan fingerprint density at radius 3 is 2.62 bits per heavy atom. The molecule has 0 unspecified atom stereocenters. The summed E-state index contributed by atoms with van der Waals surface area (Å²) in [6, 6.07) is 3.13. The van der Waals surface area contributed by atoms with Crippen molar-refractivity contribution in [1.29, 1.82) is 0 Å². The Bertz CT molecular complexity index is 405. The Labute approximate surface area is 96.7 Å². The predicted octanol–water partition coefficient (Wildman–Crippen LogP) is 3.17. The Hall–Kier alpha value is -1.10. The number of carbonyl (C=O) groups is 1. The van der Waals surface area contributed by atoms with Crippen molar-refractivity contribution >= 4 is 17.7 Å². The van der Waals surface area contributed by atoms with Crippen LogP contribution < -0.4 is 0 Å². The molecule has 1 rings (SSSR count). The quantitative estimate of drug-likeness (QED) is 0.829. The van der Waals surface area contributed by atoms with E-state index in [1.807, 2.05) is 0 Å². The zero-order chi connectivity index (χ0) is 12.3. The molecule has 0 aliphatic rings. The third-order valence-electron chi connectivity index (χ3n) is 2.06. The second kappa shape index (κ2) is 4.82. The van der Waals surface area contributed by atoms with Gasteiger partial charge in [0.15, 0.2) is 0 Å². The van der Waals surface area contributed by atoms with E-state index in [0.717, 1.165) is 30.0 Å². The van der Waals surface area contributed by atoms with Gasteiger partial charge in [0, 0.05) is 10.6 Å². The molecule has 0 spiro atoms. The van der Waals surface area contributed by atoms with E-state index in [-0.39, 0.29) is 10.6 Å². The molecular weight excluding hydrogens is 234 g/mol. The fourth-order valence-corrected chi connectivity index (χ4v) is 1.95. The van der Waals surface area contributed by atoms with Gasteiger partial charge in [-0.25, -0.2) is 8.78 Å². The van der Waals surface area contributed by atoms with E-state index in [9.17, 15) is 13.6 Å². The molecule has 0 aliphatic heterocycles. The molecule has 0 aromatic heterocycles. The lowest BCUT2D eigenvalue weighted by molar-refractivity contribution is -0.145. The van der Waals surface area contributed by atoms with Crippen molar-refractivity contribution in [1.82, 2.24) is 0 Å². The Morgan fingerprint density at radius 2 is 2.06 bits per heavy atom. The average Bonchev–Trinajstić information content (AvgIpc) is 2.19. The van der Waals surface area contributed by atoms with E-state index >= 15 is 0 Å². The topological polar surface area (TPSA) is 37.3 Å². The van der Waals surface area contributed by atoms with Crippen molar-refractivity contribution in [2.75, 3.05) is 5.75 Å². The minimum atomic E-state index is -0.969. The Morgan fingerprint density at radius 1 is 1.44 bits per heavy atom. The first-order chi connectivity index (χ1) is 7.33. The molecule has 2 nitrogen and oxygen atoms in total. The fraction of sp³-hybridized carbons (Fsp3) is 0.364. The van der Waals surface area contributed by atoms with Crippen molar-refractivity contribution in [3.05, 3.63) is 29.8 Å².